The number of nitrogens with one attached hydrogen (secondary N) is 2. The van der Waals surface area contributed by atoms with Crippen molar-refractivity contribution in [2.24, 2.45) is 0 Å². The number of anilines is 1. The van der Waals surface area contributed by atoms with Crippen LogP contribution in [0.1, 0.15) is 54.1 Å². The monoisotopic (exact) mass is 487 g/mol. The fraction of sp³-hybridized carbons (Fsp3) is 0.462. The lowest BCUT2D eigenvalue weighted by atomic mass is 9.67. The topological polar surface area (TPSA) is 70.7 Å². The molecular weight excluding hydrogens is 457 g/mol. The van der Waals surface area contributed by atoms with Crippen molar-refractivity contribution in [3.63, 3.8) is 0 Å². The van der Waals surface area contributed by atoms with Crippen LogP contribution in [0, 0.1) is 5.82 Å². The number of carbonyl (C=O) groups excluding carboxylic acids is 2. The minimum absolute atomic E-state index is 0.106. The highest BCUT2D eigenvalue weighted by atomic mass is 35.5. The summed E-state index contributed by atoms with van der Waals surface area (Å²) in [5, 5.41) is 5.21. The van der Waals surface area contributed by atoms with Crippen LogP contribution in [0.5, 0.6) is 0 Å². The van der Waals surface area contributed by atoms with Gasteiger partial charge in [0.25, 0.3) is 5.91 Å². The summed E-state index contributed by atoms with van der Waals surface area (Å²) in [7, 11) is 3.20. The summed E-state index contributed by atoms with van der Waals surface area (Å²) in [6.45, 7) is 5.31. The Kier molecular flexibility index (Phi) is 6.99. The Hall–Kier alpha value is -2.48. The lowest BCUT2D eigenvalue weighted by molar-refractivity contribution is -0.134. The Bertz CT molecular complexity index is 1090. The lowest BCUT2D eigenvalue weighted by Crippen LogP contribution is -2.69. The normalized spacial score (nSPS) is 21.5. The Morgan fingerprint density at radius 3 is 2.50 bits per heavy atom. The van der Waals surface area contributed by atoms with Crippen LogP contribution in [0.25, 0.3) is 0 Å². The van der Waals surface area contributed by atoms with Crippen molar-refractivity contribution in [3.05, 3.63) is 63.9 Å². The van der Waals surface area contributed by atoms with E-state index in [0.29, 0.717) is 19.1 Å². The summed E-state index contributed by atoms with van der Waals surface area (Å²) >= 11 is 5.92. The second-order valence-corrected chi connectivity index (χ2v) is 9.96. The Morgan fingerprint density at radius 2 is 1.88 bits per heavy atom. The molecule has 34 heavy (non-hydrogen) atoms. The smallest absolute Gasteiger partial charge is 0.253 e. The molecule has 2 aromatic rings. The second kappa shape index (κ2) is 9.64. The molecule has 1 aliphatic carbocycles. The third-order valence-corrected chi connectivity index (χ3v) is 7.47. The van der Waals surface area contributed by atoms with Crippen molar-refractivity contribution < 1.29 is 18.7 Å². The van der Waals surface area contributed by atoms with Gasteiger partial charge < -0.3 is 15.4 Å². The van der Waals surface area contributed by atoms with Gasteiger partial charge in [0.15, 0.2) is 0 Å². The second-order valence-electron chi connectivity index (χ2n) is 9.56. The number of nitrogens with zero attached hydrogens (tertiary/aromatic N) is 1. The zero-order valence-corrected chi connectivity index (χ0v) is 20.7. The molecule has 8 heteroatoms. The van der Waals surface area contributed by atoms with Gasteiger partial charge in [-0.15, -0.1) is 0 Å². The summed E-state index contributed by atoms with van der Waals surface area (Å²) in [4.78, 5) is 28.6. The van der Waals surface area contributed by atoms with E-state index in [9.17, 15) is 14.0 Å². The quantitative estimate of drug-likeness (QED) is 0.609. The maximum atomic E-state index is 14.3. The minimum atomic E-state index is -0.810. The molecule has 6 nitrogen and oxygen atoms in total. The maximum Gasteiger partial charge on any atom is 0.253 e. The fourth-order valence-corrected chi connectivity index (χ4v) is 5.18. The summed E-state index contributed by atoms with van der Waals surface area (Å²) in [6.07, 6.45) is 2.16. The van der Waals surface area contributed by atoms with E-state index in [2.05, 4.69) is 35.4 Å². The maximum absolute atomic E-state index is 14.3. The third kappa shape index (κ3) is 4.32. The van der Waals surface area contributed by atoms with E-state index in [-0.39, 0.29) is 34.2 Å². The Labute approximate surface area is 204 Å². The first kappa shape index (κ1) is 24.6. The molecule has 1 saturated heterocycles. The van der Waals surface area contributed by atoms with Crippen molar-refractivity contribution in [3.8, 4) is 0 Å². The minimum Gasteiger partial charge on any atom is -0.381 e. The molecule has 2 aromatic carbocycles. The number of hydrogen-bond acceptors (Lipinski definition) is 4. The van der Waals surface area contributed by atoms with Crippen molar-refractivity contribution in [1.82, 2.24) is 10.2 Å². The standard InChI is InChI=1S/C26H31ClFN3O3/c1-15(2)18-7-5-6-8-20(18)26(13-31(14-26)16-9-17(10-16)34-4)25(33)30-23-12-22(28)21(27)11-19(23)24(32)29-3/h5-8,11-12,15-17H,9-10,13-14H2,1-4H3,(H,29,32)(H,30,33). The molecule has 0 atom stereocenters. The molecule has 1 heterocycles. The molecule has 2 aliphatic rings. The first-order valence-electron chi connectivity index (χ1n) is 11.6. The van der Waals surface area contributed by atoms with Crippen molar-refractivity contribution in [2.45, 2.75) is 50.2 Å². The molecule has 0 spiro atoms. The van der Waals surface area contributed by atoms with Crippen LogP contribution in [-0.4, -0.2) is 56.1 Å². The van der Waals surface area contributed by atoms with Crippen LogP contribution in [0.4, 0.5) is 10.1 Å². The van der Waals surface area contributed by atoms with Crippen molar-refractivity contribution in [1.29, 1.82) is 0 Å². The molecule has 0 bridgehead atoms. The SMILES string of the molecule is CNC(=O)c1cc(Cl)c(F)cc1NC(=O)C1(c2ccccc2C(C)C)CN(C2CC(OC)C2)C1. The van der Waals surface area contributed by atoms with Crippen LogP contribution >= 0.6 is 11.6 Å². The largest absolute Gasteiger partial charge is 0.381 e. The van der Waals surface area contributed by atoms with Crippen LogP contribution in [0.15, 0.2) is 36.4 Å². The van der Waals surface area contributed by atoms with E-state index >= 15 is 0 Å². The van der Waals surface area contributed by atoms with Crippen molar-refractivity contribution in [2.75, 3.05) is 32.6 Å². The number of carbonyl (C=O) groups is 2. The van der Waals surface area contributed by atoms with Gasteiger partial charge >= 0.3 is 0 Å². The van der Waals surface area contributed by atoms with Crippen LogP contribution in [0.2, 0.25) is 5.02 Å². The Morgan fingerprint density at radius 1 is 1.21 bits per heavy atom. The zero-order chi connectivity index (χ0) is 24.6. The van der Waals surface area contributed by atoms with Gasteiger partial charge in [0.05, 0.1) is 27.8 Å². The number of ether oxygens (including phenoxy) is 1. The highest BCUT2D eigenvalue weighted by molar-refractivity contribution is 6.31. The van der Waals surface area contributed by atoms with E-state index in [4.69, 9.17) is 16.3 Å². The molecule has 1 saturated carbocycles. The molecule has 182 valence electrons. The predicted octanol–water partition coefficient (Wildman–Crippen LogP) is 4.33. The molecular formula is C26H31ClFN3O3. The van der Waals surface area contributed by atoms with E-state index in [0.717, 1.165) is 30.0 Å². The lowest BCUT2D eigenvalue weighted by Gasteiger charge is -2.56. The van der Waals surface area contributed by atoms with Gasteiger partial charge in [-0.25, -0.2) is 4.39 Å². The number of methoxy groups -OCH3 is 1. The van der Waals surface area contributed by atoms with Crippen molar-refractivity contribution >= 4 is 29.1 Å². The van der Waals surface area contributed by atoms with Gasteiger partial charge in [0.2, 0.25) is 5.91 Å². The van der Waals surface area contributed by atoms with Gasteiger partial charge in [-0.2, -0.15) is 0 Å². The Balaban J connectivity index is 1.68. The average molecular weight is 488 g/mol. The molecule has 0 unspecified atom stereocenters. The predicted molar refractivity (Wildman–Crippen MR) is 131 cm³/mol. The van der Waals surface area contributed by atoms with Gasteiger partial charge in [0, 0.05) is 33.3 Å². The van der Waals surface area contributed by atoms with Gasteiger partial charge in [-0.05, 0) is 42.0 Å². The fourth-order valence-electron chi connectivity index (χ4n) is 5.02. The summed E-state index contributed by atoms with van der Waals surface area (Å²) in [5.74, 6) is -1.18. The molecule has 2 amide bonds. The first-order chi connectivity index (χ1) is 16.2. The van der Waals surface area contributed by atoms with Gasteiger partial charge in [-0.3, -0.25) is 14.5 Å². The number of hydrogen-bond donors (Lipinski definition) is 2. The molecule has 0 aromatic heterocycles. The number of benzene rings is 2. The van der Waals surface area contributed by atoms with Crippen LogP contribution in [-0.2, 0) is 14.9 Å². The van der Waals surface area contributed by atoms with Crippen LogP contribution < -0.4 is 10.6 Å². The third-order valence-electron chi connectivity index (χ3n) is 7.18. The van der Waals surface area contributed by atoms with Crippen LogP contribution in [0.3, 0.4) is 0 Å². The zero-order valence-electron chi connectivity index (χ0n) is 20.0. The van der Waals surface area contributed by atoms with E-state index < -0.39 is 17.1 Å². The highest BCUT2D eigenvalue weighted by Gasteiger charge is 2.55. The highest BCUT2D eigenvalue weighted by Crippen LogP contribution is 2.44. The molecule has 0 radical (unpaired) electrons. The number of likely N-dealkylation sites (tertiary alicyclic amines) is 1. The molecule has 1 aliphatic heterocycles. The first-order valence-corrected chi connectivity index (χ1v) is 12.0. The van der Waals surface area contributed by atoms with Gasteiger partial charge in [0.1, 0.15) is 5.82 Å². The van der Waals surface area contributed by atoms with Gasteiger partial charge in [-0.1, -0.05) is 49.7 Å². The summed E-state index contributed by atoms with van der Waals surface area (Å²) in [5.41, 5.74) is 1.49. The number of amides is 2. The number of rotatable bonds is 7. The molecule has 4 rings (SSSR count). The summed E-state index contributed by atoms with van der Waals surface area (Å²) in [6, 6.07) is 10.7. The number of halogens is 2. The van der Waals surface area contributed by atoms with E-state index in [1.807, 2.05) is 18.2 Å². The van der Waals surface area contributed by atoms with E-state index in [1.165, 1.54) is 13.1 Å². The summed E-state index contributed by atoms with van der Waals surface area (Å²) < 4.78 is 19.7. The average Bonchev–Trinajstić information content (AvgIpc) is 2.76. The van der Waals surface area contributed by atoms with E-state index in [1.54, 1.807) is 7.11 Å². The molecule has 2 fully saturated rings. The molecule has 2 N–H and O–H groups in total.